The number of rotatable bonds is 5. The molecule has 0 amide bonds. The Balaban J connectivity index is 1.96. The SMILES string of the molecule is Cc1ccc(Oc2ncnc(Nc3cccc(C)c3)c2[N+](=O)[O-])cc1. The topological polar surface area (TPSA) is 90.2 Å². The van der Waals surface area contributed by atoms with Crippen LogP contribution in [0.25, 0.3) is 0 Å². The van der Waals surface area contributed by atoms with E-state index in [9.17, 15) is 10.1 Å². The minimum Gasteiger partial charge on any atom is -0.434 e. The average Bonchev–Trinajstić information content (AvgIpc) is 2.57. The fourth-order valence-corrected chi connectivity index (χ4v) is 2.27. The van der Waals surface area contributed by atoms with Crippen LogP contribution in [0.2, 0.25) is 0 Å². The Morgan fingerprint density at radius 2 is 1.80 bits per heavy atom. The summed E-state index contributed by atoms with van der Waals surface area (Å²) in [6.45, 7) is 3.88. The maximum absolute atomic E-state index is 11.5. The predicted molar refractivity (Wildman–Crippen MR) is 94.4 cm³/mol. The Morgan fingerprint density at radius 3 is 2.48 bits per heavy atom. The summed E-state index contributed by atoms with van der Waals surface area (Å²) in [4.78, 5) is 18.9. The third kappa shape index (κ3) is 3.89. The lowest BCUT2D eigenvalue weighted by molar-refractivity contribution is -0.385. The van der Waals surface area contributed by atoms with Gasteiger partial charge in [0.25, 0.3) is 0 Å². The van der Waals surface area contributed by atoms with Crippen LogP contribution in [0, 0.1) is 24.0 Å². The lowest BCUT2D eigenvalue weighted by atomic mass is 10.2. The molecule has 7 heteroatoms. The highest BCUT2D eigenvalue weighted by atomic mass is 16.6. The molecule has 0 spiro atoms. The maximum Gasteiger partial charge on any atom is 0.373 e. The number of anilines is 2. The highest BCUT2D eigenvalue weighted by Gasteiger charge is 2.25. The highest BCUT2D eigenvalue weighted by Crippen LogP contribution is 2.35. The minimum atomic E-state index is -0.554. The Labute approximate surface area is 144 Å². The second-order valence-electron chi connectivity index (χ2n) is 5.54. The minimum absolute atomic E-state index is 0.0766. The molecule has 2 aromatic carbocycles. The van der Waals surface area contributed by atoms with Crippen molar-refractivity contribution in [1.29, 1.82) is 0 Å². The van der Waals surface area contributed by atoms with Gasteiger partial charge in [-0.25, -0.2) is 4.98 Å². The number of nitrogens with one attached hydrogen (secondary N) is 1. The van der Waals surface area contributed by atoms with Crippen molar-refractivity contribution >= 4 is 17.2 Å². The van der Waals surface area contributed by atoms with Gasteiger partial charge in [-0.05, 0) is 43.7 Å². The first-order valence-corrected chi connectivity index (χ1v) is 7.60. The summed E-state index contributed by atoms with van der Waals surface area (Å²) in [5.74, 6) is 0.431. The number of hydrogen-bond acceptors (Lipinski definition) is 6. The van der Waals surface area contributed by atoms with Crippen LogP contribution in [0.3, 0.4) is 0 Å². The van der Waals surface area contributed by atoms with Crippen LogP contribution < -0.4 is 10.1 Å². The molecular weight excluding hydrogens is 320 g/mol. The van der Waals surface area contributed by atoms with E-state index in [-0.39, 0.29) is 17.4 Å². The van der Waals surface area contributed by atoms with E-state index in [1.54, 1.807) is 18.2 Å². The summed E-state index contributed by atoms with van der Waals surface area (Å²) in [5.41, 5.74) is 2.47. The number of nitrogens with zero attached hydrogens (tertiary/aromatic N) is 3. The number of aromatic nitrogens is 2. The van der Waals surface area contributed by atoms with Crippen molar-refractivity contribution in [3.8, 4) is 11.6 Å². The van der Waals surface area contributed by atoms with Gasteiger partial charge in [0.15, 0.2) is 0 Å². The van der Waals surface area contributed by atoms with Gasteiger partial charge in [-0.3, -0.25) is 10.1 Å². The fraction of sp³-hybridized carbons (Fsp3) is 0.111. The van der Waals surface area contributed by atoms with E-state index in [2.05, 4.69) is 15.3 Å². The molecule has 25 heavy (non-hydrogen) atoms. The molecule has 0 aliphatic carbocycles. The molecule has 0 saturated heterocycles. The lowest BCUT2D eigenvalue weighted by Gasteiger charge is -2.10. The van der Waals surface area contributed by atoms with Gasteiger partial charge >= 0.3 is 11.6 Å². The van der Waals surface area contributed by atoms with Gasteiger partial charge in [0, 0.05) is 5.69 Å². The zero-order chi connectivity index (χ0) is 17.8. The zero-order valence-corrected chi connectivity index (χ0v) is 13.8. The standard InChI is InChI=1S/C18H16N4O3/c1-12-6-8-15(9-7-12)25-18-16(22(23)24)17(19-11-20-18)21-14-5-3-4-13(2)10-14/h3-11H,1-2H3,(H,19,20,21). The van der Waals surface area contributed by atoms with Crippen LogP contribution in [-0.4, -0.2) is 14.9 Å². The summed E-state index contributed by atoms with van der Waals surface area (Å²) >= 11 is 0. The summed E-state index contributed by atoms with van der Waals surface area (Å²) in [6.07, 6.45) is 1.23. The van der Waals surface area contributed by atoms with Crippen LogP contribution in [0.5, 0.6) is 11.6 Å². The van der Waals surface area contributed by atoms with E-state index in [1.165, 1.54) is 6.33 Å². The Morgan fingerprint density at radius 1 is 1.04 bits per heavy atom. The number of nitro groups is 1. The summed E-state index contributed by atoms with van der Waals surface area (Å²) in [7, 11) is 0. The summed E-state index contributed by atoms with van der Waals surface area (Å²) in [6, 6.07) is 14.6. The Hall–Kier alpha value is -3.48. The monoisotopic (exact) mass is 336 g/mol. The molecule has 0 atom stereocenters. The van der Waals surface area contributed by atoms with E-state index in [4.69, 9.17) is 4.74 Å². The molecule has 126 valence electrons. The molecule has 7 nitrogen and oxygen atoms in total. The summed E-state index contributed by atoms with van der Waals surface area (Å²) in [5, 5.41) is 14.5. The van der Waals surface area contributed by atoms with E-state index < -0.39 is 4.92 Å². The second-order valence-corrected chi connectivity index (χ2v) is 5.54. The van der Waals surface area contributed by atoms with Gasteiger partial charge in [0.2, 0.25) is 5.82 Å². The molecule has 0 bridgehead atoms. The average molecular weight is 336 g/mol. The molecule has 0 radical (unpaired) electrons. The van der Waals surface area contributed by atoms with Gasteiger partial charge in [-0.15, -0.1) is 0 Å². The van der Waals surface area contributed by atoms with Gasteiger partial charge in [0.05, 0.1) is 4.92 Å². The van der Waals surface area contributed by atoms with E-state index in [1.807, 2.05) is 44.2 Å². The van der Waals surface area contributed by atoms with Gasteiger partial charge in [-0.1, -0.05) is 29.8 Å². The quantitative estimate of drug-likeness (QED) is 0.543. The normalized spacial score (nSPS) is 10.3. The maximum atomic E-state index is 11.5. The van der Waals surface area contributed by atoms with Crippen molar-refractivity contribution < 1.29 is 9.66 Å². The van der Waals surface area contributed by atoms with Crippen LogP contribution in [0.4, 0.5) is 17.2 Å². The molecule has 1 aromatic heterocycles. The first-order chi connectivity index (χ1) is 12.0. The molecule has 0 saturated carbocycles. The van der Waals surface area contributed by atoms with Crippen molar-refractivity contribution in [3.63, 3.8) is 0 Å². The van der Waals surface area contributed by atoms with Crippen molar-refractivity contribution in [3.05, 3.63) is 76.1 Å². The second kappa shape index (κ2) is 6.96. The molecule has 0 aliphatic heterocycles. The number of ether oxygens (including phenoxy) is 1. The number of hydrogen-bond donors (Lipinski definition) is 1. The van der Waals surface area contributed by atoms with Crippen LogP contribution in [0.1, 0.15) is 11.1 Å². The molecule has 1 heterocycles. The van der Waals surface area contributed by atoms with Gasteiger partial charge in [-0.2, -0.15) is 4.98 Å². The van der Waals surface area contributed by atoms with Crippen molar-refractivity contribution in [2.45, 2.75) is 13.8 Å². The molecule has 0 unspecified atom stereocenters. The Kier molecular flexibility index (Phi) is 4.56. The van der Waals surface area contributed by atoms with Crippen LogP contribution in [-0.2, 0) is 0 Å². The van der Waals surface area contributed by atoms with Crippen molar-refractivity contribution in [2.75, 3.05) is 5.32 Å². The largest absolute Gasteiger partial charge is 0.434 e. The molecule has 1 N–H and O–H groups in total. The van der Waals surface area contributed by atoms with Gasteiger partial charge in [0.1, 0.15) is 12.1 Å². The Bertz CT molecular complexity index is 910. The number of aryl methyl sites for hydroxylation is 2. The van der Waals surface area contributed by atoms with E-state index in [0.29, 0.717) is 11.4 Å². The smallest absolute Gasteiger partial charge is 0.373 e. The first-order valence-electron chi connectivity index (χ1n) is 7.60. The van der Waals surface area contributed by atoms with Crippen molar-refractivity contribution in [2.24, 2.45) is 0 Å². The zero-order valence-electron chi connectivity index (χ0n) is 13.8. The molecule has 0 aliphatic rings. The third-order valence-electron chi connectivity index (χ3n) is 3.49. The van der Waals surface area contributed by atoms with Crippen molar-refractivity contribution in [1.82, 2.24) is 9.97 Å². The molecule has 0 fully saturated rings. The van der Waals surface area contributed by atoms with Crippen LogP contribution in [0.15, 0.2) is 54.9 Å². The number of benzene rings is 2. The fourth-order valence-electron chi connectivity index (χ4n) is 2.27. The third-order valence-corrected chi connectivity index (χ3v) is 3.49. The van der Waals surface area contributed by atoms with Crippen LogP contribution >= 0.6 is 0 Å². The molecule has 3 aromatic rings. The van der Waals surface area contributed by atoms with Gasteiger partial charge < -0.3 is 10.1 Å². The molecular formula is C18H16N4O3. The predicted octanol–water partition coefficient (Wildman–Crippen LogP) is 4.54. The summed E-state index contributed by atoms with van der Waals surface area (Å²) < 4.78 is 5.60. The lowest BCUT2D eigenvalue weighted by Crippen LogP contribution is -2.03. The molecule has 3 rings (SSSR count). The van der Waals surface area contributed by atoms with E-state index in [0.717, 1.165) is 11.1 Å². The van der Waals surface area contributed by atoms with E-state index >= 15 is 0 Å². The highest BCUT2D eigenvalue weighted by molar-refractivity contribution is 5.69. The first kappa shape index (κ1) is 16.4.